The second-order valence-electron chi connectivity index (χ2n) is 5.13. The molecule has 0 radical (unpaired) electrons. The van der Waals surface area contributed by atoms with Crippen molar-refractivity contribution in [2.45, 2.75) is 38.8 Å². The summed E-state index contributed by atoms with van der Waals surface area (Å²) in [5.74, 6) is -0.277. The van der Waals surface area contributed by atoms with Crippen LogP contribution >= 0.6 is 0 Å². The normalized spacial score (nSPS) is 23.8. The molecular weight excluding hydrogens is 218 g/mol. The molecule has 2 heterocycles. The van der Waals surface area contributed by atoms with Crippen LogP contribution in [0.2, 0.25) is 0 Å². The van der Waals surface area contributed by atoms with Gasteiger partial charge in [0, 0.05) is 19.2 Å². The SMILES string of the molecule is CC(C)CC1NC(C(=O)O)Cc2c1ncn2C. The number of nitrogens with one attached hydrogen (secondary N) is 1. The lowest BCUT2D eigenvalue weighted by molar-refractivity contribution is -0.140. The van der Waals surface area contributed by atoms with Gasteiger partial charge in [0.2, 0.25) is 0 Å². The summed E-state index contributed by atoms with van der Waals surface area (Å²) in [6.07, 6.45) is 3.19. The highest BCUT2D eigenvalue weighted by Gasteiger charge is 2.33. The number of carboxylic acid groups (broad SMARTS) is 1. The first kappa shape index (κ1) is 12.1. The van der Waals surface area contributed by atoms with Gasteiger partial charge in [-0.3, -0.25) is 10.1 Å². The molecule has 94 valence electrons. The van der Waals surface area contributed by atoms with Crippen LogP contribution in [-0.4, -0.2) is 26.7 Å². The Bertz CT molecular complexity index is 425. The maximum atomic E-state index is 11.1. The van der Waals surface area contributed by atoms with E-state index in [2.05, 4.69) is 24.1 Å². The number of aryl methyl sites for hydroxylation is 1. The molecule has 2 unspecified atom stereocenters. The quantitative estimate of drug-likeness (QED) is 0.826. The minimum Gasteiger partial charge on any atom is -0.480 e. The third-order valence-electron chi connectivity index (χ3n) is 3.23. The van der Waals surface area contributed by atoms with Crippen molar-refractivity contribution in [3.8, 4) is 0 Å². The van der Waals surface area contributed by atoms with Gasteiger partial charge >= 0.3 is 5.97 Å². The largest absolute Gasteiger partial charge is 0.480 e. The number of carboxylic acids is 1. The predicted molar refractivity (Wildman–Crippen MR) is 63.7 cm³/mol. The molecule has 0 saturated carbocycles. The molecule has 0 saturated heterocycles. The number of nitrogens with zero attached hydrogens (tertiary/aromatic N) is 2. The lowest BCUT2D eigenvalue weighted by Crippen LogP contribution is -2.45. The first-order valence-electron chi connectivity index (χ1n) is 5.98. The Hall–Kier alpha value is -1.36. The van der Waals surface area contributed by atoms with E-state index in [0.29, 0.717) is 12.3 Å². The van der Waals surface area contributed by atoms with E-state index in [1.165, 1.54) is 0 Å². The summed E-state index contributed by atoms with van der Waals surface area (Å²) in [6.45, 7) is 4.27. The molecule has 5 nitrogen and oxygen atoms in total. The fraction of sp³-hybridized carbons (Fsp3) is 0.667. The van der Waals surface area contributed by atoms with Gasteiger partial charge in [0.1, 0.15) is 6.04 Å². The fourth-order valence-electron chi connectivity index (χ4n) is 2.40. The number of aromatic nitrogens is 2. The maximum Gasteiger partial charge on any atom is 0.321 e. The Kier molecular flexibility index (Phi) is 3.19. The van der Waals surface area contributed by atoms with Crippen molar-refractivity contribution < 1.29 is 9.90 Å². The molecular formula is C12H19N3O2. The van der Waals surface area contributed by atoms with Crippen LogP contribution in [0.3, 0.4) is 0 Å². The summed E-state index contributed by atoms with van der Waals surface area (Å²) in [7, 11) is 1.92. The molecule has 1 aromatic heterocycles. The Labute approximate surface area is 101 Å². The molecule has 2 atom stereocenters. The average molecular weight is 237 g/mol. The van der Waals surface area contributed by atoms with Crippen LogP contribution in [0, 0.1) is 5.92 Å². The summed E-state index contributed by atoms with van der Waals surface area (Å²) in [5.41, 5.74) is 2.06. The second kappa shape index (κ2) is 4.49. The molecule has 0 bridgehead atoms. The van der Waals surface area contributed by atoms with Gasteiger partial charge in [-0.2, -0.15) is 0 Å². The highest BCUT2D eigenvalue weighted by atomic mass is 16.4. The van der Waals surface area contributed by atoms with Gasteiger partial charge in [-0.15, -0.1) is 0 Å². The molecule has 1 aromatic rings. The number of aliphatic carboxylic acids is 1. The lowest BCUT2D eigenvalue weighted by atomic mass is 9.93. The topological polar surface area (TPSA) is 67.2 Å². The van der Waals surface area contributed by atoms with Gasteiger partial charge in [-0.1, -0.05) is 13.8 Å². The number of rotatable bonds is 3. The molecule has 2 N–H and O–H groups in total. The van der Waals surface area contributed by atoms with Crippen LogP contribution < -0.4 is 5.32 Å². The van der Waals surface area contributed by atoms with E-state index in [4.69, 9.17) is 5.11 Å². The summed E-state index contributed by atoms with van der Waals surface area (Å²) in [5, 5.41) is 12.3. The van der Waals surface area contributed by atoms with E-state index < -0.39 is 12.0 Å². The van der Waals surface area contributed by atoms with Crippen molar-refractivity contribution >= 4 is 5.97 Å². The third kappa shape index (κ3) is 2.34. The van der Waals surface area contributed by atoms with Crippen molar-refractivity contribution in [3.63, 3.8) is 0 Å². The number of hydrogen-bond donors (Lipinski definition) is 2. The van der Waals surface area contributed by atoms with Gasteiger partial charge < -0.3 is 9.67 Å². The number of imidazole rings is 1. The first-order chi connectivity index (χ1) is 7.99. The van der Waals surface area contributed by atoms with Crippen LogP contribution in [0.25, 0.3) is 0 Å². The molecule has 0 aliphatic carbocycles. The van der Waals surface area contributed by atoms with E-state index in [1.54, 1.807) is 6.33 Å². The third-order valence-corrected chi connectivity index (χ3v) is 3.23. The zero-order chi connectivity index (χ0) is 12.6. The van der Waals surface area contributed by atoms with Crippen LogP contribution in [0.15, 0.2) is 6.33 Å². The molecule has 2 rings (SSSR count). The van der Waals surface area contributed by atoms with E-state index in [1.807, 2.05) is 11.6 Å². The maximum absolute atomic E-state index is 11.1. The molecule has 0 amide bonds. The smallest absolute Gasteiger partial charge is 0.321 e. The first-order valence-corrected chi connectivity index (χ1v) is 5.98. The Morgan fingerprint density at radius 2 is 2.41 bits per heavy atom. The standard InChI is InChI=1S/C12H19N3O2/c1-7(2)4-8-11-10(15(3)6-13-11)5-9(14-8)12(16)17/h6-9,14H,4-5H2,1-3H3,(H,16,17). The van der Waals surface area contributed by atoms with E-state index in [-0.39, 0.29) is 6.04 Å². The van der Waals surface area contributed by atoms with Gasteiger partial charge in [0.25, 0.3) is 0 Å². The molecule has 0 fully saturated rings. The van der Waals surface area contributed by atoms with Crippen LogP contribution in [0.1, 0.15) is 37.7 Å². The molecule has 1 aliphatic heterocycles. The average Bonchev–Trinajstić information content (AvgIpc) is 2.60. The minimum atomic E-state index is -0.786. The monoisotopic (exact) mass is 237 g/mol. The fourth-order valence-corrected chi connectivity index (χ4v) is 2.40. The zero-order valence-electron chi connectivity index (χ0n) is 10.5. The Morgan fingerprint density at radius 3 is 3.00 bits per heavy atom. The van der Waals surface area contributed by atoms with Crippen LogP contribution in [0.4, 0.5) is 0 Å². The summed E-state index contributed by atoms with van der Waals surface area (Å²) < 4.78 is 1.93. The lowest BCUT2D eigenvalue weighted by Gasteiger charge is -2.29. The van der Waals surface area contributed by atoms with Crippen molar-refractivity contribution in [2.24, 2.45) is 13.0 Å². The molecule has 1 aliphatic rings. The van der Waals surface area contributed by atoms with Crippen molar-refractivity contribution in [1.29, 1.82) is 0 Å². The van der Waals surface area contributed by atoms with Crippen LogP contribution in [-0.2, 0) is 18.3 Å². The molecule has 0 aromatic carbocycles. The molecule has 0 spiro atoms. The molecule has 17 heavy (non-hydrogen) atoms. The number of hydrogen-bond acceptors (Lipinski definition) is 3. The van der Waals surface area contributed by atoms with Crippen molar-refractivity contribution in [1.82, 2.24) is 14.9 Å². The van der Waals surface area contributed by atoms with Crippen LogP contribution in [0.5, 0.6) is 0 Å². The number of fused-ring (bicyclic) bond motifs is 1. The second-order valence-corrected chi connectivity index (χ2v) is 5.13. The predicted octanol–water partition coefficient (Wildman–Crippen LogP) is 1.11. The van der Waals surface area contributed by atoms with E-state index in [9.17, 15) is 4.79 Å². The van der Waals surface area contributed by atoms with Crippen molar-refractivity contribution in [2.75, 3.05) is 0 Å². The van der Waals surface area contributed by atoms with Gasteiger partial charge in [0.15, 0.2) is 0 Å². The highest BCUT2D eigenvalue weighted by molar-refractivity contribution is 5.74. The summed E-state index contributed by atoms with van der Waals surface area (Å²) in [4.78, 5) is 15.5. The van der Waals surface area contributed by atoms with E-state index in [0.717, 1.165) is 17.8 Å². The highest BCUT2D eigenvalue weighted by Crippen LogP contribution is 2.28. The van der Waals surface area contributed by atoms with Gasteiger partial charge in [0.05, 0.1) is 18.1 Å². The van der Waals surface area contributed by atoms with Gasteiger partial charge in [-0.05, 0) is 12.3 Å². The summed E-state index contributed by atoms with van der Waals surface area (Å²) in [6, 6.07) is -0.442. The van der Waals surface area contributed by atoms with Crippen molar-refractivity contribution in [3.05, 3.63) is 17.7 Å². The minimum absolute atomic E-state index is 0.0565. The number of carbonyl (C=O) groups is 1. The Balaban J connectivity index is 2.30. The Morgan fingerprint density at radius 1 is 1.71 bits per heavy atom. The zero-order valence-corrected chi connectivity index (χ0v) is 10.5. The summed E-state index contributed by atoms with van der Waals surface area (Å²) >= 11 is 0. The van der Waals surface area contributed by atoms with E-state index >= 15 is 0 Å². The molecule has 5 heteroatoms. The van der Waals surface area contributed by atoms with Gasteiger partial charge in [-0.25, -0.2) is 4.98 Å².